The molecule has 2 rings (SSSR count). The molecule has 2 unspecified atom stereocenters. The van der Waals surface area contributed by atoms with Gasteiger partial charge in [0.1, 0.15) is 12.1 Å². The molecule has 108 valence electrons. The van der Waals surface area contributed by atoms with E-state index < -0.39 is 12.1 Å². The Hall–Kier alpha value is -1.36. The molecule has 2 amide bonds. The molecule has 0 bridgehead atoms. The Bertz CT molecular complexity index is 557. The SMILES string of the molecule is Cc1cc(Br)ccc1N1C(=O)C(C(C)C)NC(=O)C1C. The Morgan fingerprint density at radius 2 is 1.95 bits per heavy atom. The third kappa shape index (κ3) is 2.59. The zero-order valence-electron chi connectivity index (χ0n) is 12.1. The molecule has 20 heavy (non-hydrogen) atoms. The van der Waals surface area contributed by atoms with Crippen molar-refractivity contribution in [2.75, 3.05) is 4.90 Å². The summed E-state index contributed by atoms with van der Waals surface area (Å²) >= 11 is 3.41. The van der Waals surface area contributed by atoms with Gasteiger partial charge in [-0.05, 0) is 43.5 Å². The molecule has 0 spiro atoms. The Kier molecular flexibility index (Phi) is 4.18. The van der Waals surface area contributed by atoms with Crippen LogP contribution in [0.15, 0.2) is 22.7 Å². The van der Waals surface area contributed by atoms with Gasteiger partial charge in [-0.1, -0.05) is 29.8 Å². The number of nitrogens with one attached hydrogen (secondary N) is 1. The molecule has 1 saturated heterocycles. The van der Waals surface area contributed by atoms with Crippen LogP contribution in [0.25, 0.3) is 0 Å². The molecule has 1 aliphatic heterocycles. The number of hydrogen-bond donors (Lipinski definition) is 1. The van der Waals surface area contributed by atoms with Crippen molar-refractivity contribution in [2.45, 2.75) is 39.8 Å². The molecule has 1 aromatic carbocycles. The van der Waals surface area contributed by atoms with Gasteiger partial charge >= 0.3 is 0 Å². The maximum absolute atomic E-state index is 12.7. The fraction of sp³-hybridized carbons (Fsp3) is 0.467. The van der Waals surface area contributed by atoms with Crippen LogP contribution in [0.4, 0.5) is 5.69 Å². The molecular formula is C15H19BrN2O2. The first-order chi connectivity index (χ1) is 9.32. The number of aryl methyl sites for hydroxylation is 1. The second-order valence-corrected chi connectivity index (χ2v) is 6.46. The van der Waals surface area contributed by atoms with Gasteiger partial charge < -0.3 is 5.32 Å². The second-order valence-electron chi connectivity index (χ2n) is 5.55. The average molecular weight is 339 g/mol. The number of carbonyl (C=O) groups is 2. The zero-order valence-corrected chi connectivity index (χ0v) is 13.7. The van der Waals surface area contributed by atoms with E-state index in [4.69, 9.17) is 0 Å². The van der Waals surface area contributed by atoms with Crippen molar-refractivity contribution in [1.29, 1.82) is 0 Å². The number of rotatable bonds is 2. The monoisotopic (exact) mass is 338 g/mol. The number of nitrogens with zero attached hydrogens (tertiary/aromatic N) is 1. The lowest BCUT2D eigenvalue weighted by atomic mass is 9.97. The number of piperazine rings is 1. The van der Waals surface area contributed by atoms with Gasteiger partial charge in [-0.3, -0.25) is 14.5 Å². The molecule has 0 saturated carbocycles. The van der Waals surface area contributed by atoms with E-state index >= 15 is 0 Å². The normalized spacial score (nSPS) is 23.2. The van der Waals surface area contributed by atoms with E-state index in [1.54, 1.807) is 11.8 Å². The summed E-state index contributed by atoms with van der Waals surface area (Å²) < 4.78 is 0.959. The summed E-state index contributed by atoms with van der Waals surface area (Å²) in [6.07, 6.45) is 0. The summed E-state index contributed by atoms with van der Waals surface area (Å²) in [6.45, 7) is 7.57. The third-order valence-corrected chi connectivity index (χ3v) is 4.15. The van der Waals surface area contributed by atoms with E-state index in [0.717, 1.165) is 15.7 Å². The minimum absolute atomic E-state index is 0.0440. The van der Waals surface area contributed by atoms with Gasteiger partial charge in [0.25, 0.3) is 5.91 Å². The highest BCUT2D eigenvalue weighted by atomic mass is 79.9. The molecule has 1 N–H and O–H groups in total. The van der Waals surface area contributed by atoms with E-state index in [0.29, 0.717) is 0 Å². The van der Waals surface area contributed by atoms with Crippen LogP contribution in [0.3, 0.4) is 0 Å². The van der Waals surface area contributed by atoms with E-state index in [2.05, 4.69) is 21.2 Å². The van der Waals surface area contributed by atoms with Crippen molar-refractivity contribution in [1.82, 2.24) is 5.32 Å². The van der Waals surface area contributed by atoms with Crippen LogP contribution >= 0.6 is 15.9 Å². The van der Waals surface area contributed by atoms with Crippen molar-refractivity contribution in [2.24, 2.45) is 5.92 Å². The van der Waals surface area contributed by atoms with Crippen LogP contribution < -0.4 is 10.2 Å². The lowest BCUT2D eigenvalue weighted by Crippen LogP contribution is -2.64. The lowest BCUT2D eigenvalue weighted by Gasteiger charge is -2.39. The van der Waals surface area contributed by atoms with Crippen molar-refractivity contribution < 1.29 is 9.59 Å². The summed E-state index contributed by atoms with van der Waals surface area (Å²) in [5, 5.41) is 2.81. The Balaban J connectivity index is 2.46. The highest BCUT2D eigenvalue weighted by molar-refractivity contribution is 9.10. The summed E-state index contributed by atoms with van der Waals surface area (Å²) in [6, 6.07) is 4.77. The standard InChI is InChI=1S/C15H19BrN2O2/c1-8(2)13-15(20)18(10(4)14(19)17-13)12-6-5-11(16)7-9(12)3/h5-8,10,13H,1-4H3,(H,17,19). The molecule has 1 heterocycles. The molecule has 1 fully saturated rings. The van der Waals surface area contributed by atoms with Crippen LogP contribution in [0, 0.1) is 12.8 Å². The van der Waals surface area contributed by atoms with Gasteiger partial charge in [-0.2, -0.15) is 0 Å². The smallest absolute Gasteiger partial charge is 0.250 e. The first-order valence-electron chi connectivity index (χ1n) is 6.72. The summed E-state index contributed by atoms with van der Waals surface area (Å²) in [7, 11) is 0. The van der Waals surface area contributed by atoms with Gasteiger partial charge in [0.15, 0.2) is 0 Å². The molecule has 1 aliphatic rings. The fourth-order valence-corrected chi connectivity index (χ4v) is 2.94. The molecule has 4 nitrogen and oxygen atoms in total. The molecule has 0 radical (unpaired) electrons. The number of carbonyl (C=O) groups excluding carboxylic acids is 2. The predicted octanol–water partition coefficient (Wildman–Crippen LogP) is 2.63. The van der Waals surface area contributed by atoms with Gasteiger partial charge in [0, 0.05) is 10.2 Å². The van der Waals surface area contributed by atoms with E-state index in [1.807, 2.05) is 39.0 Å². The first kappa shape index (κ1) is 15.0. The second kappa shape index (κ2) is 5.56. The van der Waals surface area contributed by atoms with Crippen LogP contribution in [0.1, 0.15) is 26.3 Å². The van der Waals surface area contributed by atoms with Gasteiger partial charge in [-0.15, -0.1) is 0 Å². The van der Waals surface area contributed by atoms with Crippen molar-refractivity contribution in [3.63, 3.8) is 0 Å². The van der Waals surface area contributed by atoms with E-state index in [9.17, 15) is 9.59 Å². The van der Waals surface area contributed by atoms with Gasteiger partial charge in [-0.25, -0.2) is 0 Å². The average Bonchev–Trinajstić information content (AvgIpc) is 2.36. The number of halogens is 1. The lowest BCUT2D eigenvalue weighted by molar-refractivity contribution is -0.134. The highest BCUT2D eigenvalue weighted by Crippen LogP contribution is 2.28. The van der Waals surface area contributed by atoms with Gasteiger partial charge in [0.05, 0.1) is 0 Å². The maximum Gasteiger partial charge on any atom is 0.250 e. The maximum atomic E-state index is 12.7. The largest absolute Gasteiger partial charge is 0.342 e. The molecular weight excluding hydrogens is 320 g/mol. The molecule has 1 aromatic rings. The molecule has 5 heteroatoms. The highest BCUT2D eigenvalue weighted by Gasteiger charge is 2.40. The van der Waals surface area contributed by atoms with Crippen molar-refractivity contribution in [3.8, 4) is 0 Å². The first-order valence-corrected chi connectivity index (χ1v) is 7.52. The number of benzene rings is 1. The minimum atomic E-state index is -0.489. The fourth-order valence-electron chi connectivity index (χ4n) is 2.46. The number of anilines is 1. The van der Waals surface area contributed by atoms with Crippen LogP contribution in [-0.4, -0.2) is 23.9 Å². The quantitative estimate of drug-likeness (QED) is 0.901. The number of hydrogen-bond acceptors (Lipinski definition) is 2. The van der Waals surface area contributed by atoms with E-state index in [-0.39, 0.29) is 17.7 Å². The predicted molar refractivity (Wildman–Crippen MR) is 82.6 cm³/mol. The van der Waals surface area contributed by atoms with Crippen molar-refractivity contribution in [3.05, 3.63) is 28.2 Å². The summed E-state index contributed by atoms with van der Waals surface area (Å²) in [5.74, 6) is -0.0830. The molecule has 2 atom stereocenters. The van der Waals surface area contributed by atoms with Crippen LogP contribution in [0.2, 0.25) is 0 Å². The van der Waals surface area contributed by atoms with Crippen LogP contribution in [0.5, 0.6) is 0 Å². The Morgan fingerprint density at radius 3 is 2.50 bits per heavy atom. The van der Waals surface area contributed by atoms with Crippen LogP contribution in [-0.2, 0) is 9.59 Å². The van der Waals surface area contributed by atoms with Crippen molar-refractivity contribution >= 4 is 33.4 Å². The number of amides is 2. The minimum Gasteiger partial charge on any atom is -0.342 e. The zero-order chi connectivity index (χ0) is 15.0. The summed E-state index contributed by atoms with van der Waals surface area (Å²) in [4.78, 5) is 26.4. The summed E-state index contributed by atoms with van der Waals surface area (Å²) in [5.41, 5.74) is 1.77. The Labute approximate surface area is 127 Å². The van der Waals surface area contributed by atoms with E-state index in [1.165, 1.54) is 0 Å². The topological polar surface area (TPSA) is 49.4 Å². The molecule has 0 aliphatic carbocycles. The van der Waals surface area contributed by atoms with Gasteiger partial charge in [0.2, 0.25) is 5.91 Å². The molecule has 0 aromatic heterocycles. The Morgan fingerprint density at radius 1 is 1.30 bits per heavy atom. The third-order valence-electron chi connectivity index (χ3n) is 3.65.